The van der Waals surface area contributed by atoms with Crippen LogP contribution in [0.4, 0.5) is 4.79 Å². The number of carbonyl (C=O) groups excluding carboxylic acids is 1. The van der Waals surface area contributed by atoms with Gasteiger partial charge in [-0.15, -0.1) is 0 Å². The van der Waals surface area contributed by atoms with Crippen molar-refractivity contribution in [2.75, 3.05) is 13.6 Å². The second-order valence-corrected chi connectivity index (χ2v) is 6.77. The molecule has 1 saturated carbocycles. The quantitative estimate of drug-likeness (QED) is 0.849. The highest BCUT2D eigenvalue weighted by atomic mass is 16.3. The lowest BCUT2D eigenvalue weighted by Gasteiger charge is -2.24. The number of amides is 2. The SMILES string of the molecule is Cc1ccc(CC(C)NC(=O)N(C)CC(O)C2CC2)c(C)c1. The second kappa shape index (κ2) is 7.14. The van der Waals surface area contributed by atoms with Gasteiger partial charge in [-0.3, -0.25) is 0 Å². The number of nitrogens with zero attached hydrogens (tertiary/aromatic N) is 1. The first-order chi connectivity index (χ1) is 10.4. The molecule has 22 heavy (non-hydrogen) atoms. The van der Waals surface area contributed by atoms with E-state index in [-0.39, 0.29) is 18.2 Å². The largest absolute Gasteiger partial charge is 0.391 e. The summed E-state index contributed by atoms with van der Waals surface area (Å²) in [6.07, 6.45) is 2.60. The Hall–Kier alpha value is -1.55. The molecular weight excluding hydrogens is 276 g/mol. The lowest BCUT2D eigenvalue weighted by Crippen LogP contribution is -2.45. The Kier molecular flexibility index (Phi) is 5.46. The van der Waals surface area contributed by atoms with E-state index in [0.717, 1.165) is 19.3 Å². The van der Waals surface area contributed by atoms with Crippen molar-refractivity contribution in [3.05, 3.63) is 34.9 Å². The van der Waals surface area contributed by atoms with Crippen LogP contribution in [0.1, 0.15) is 36.5 Å². The van der Waals surface area contributed by atoms with Gasteiger partial charge >= 0.3 is 6.03 Å². The van der Waals surface area contributed by atoms with Crippen molar-refractivity contribution in [3.63, 3.8) is 0 Å². The van der Waals surface area contributed by atoms with Crippen LogP contribution in [0, 0.1) is 19.8 Å². The molecule has 0 saturated heterocycles. The standard InChI is InChI=1S/C18H28N2O2/c1-12-5-6-16(13(2)9-12)10-14(3)19-18(22)20(4)11-17(21)15-7-8-15/h5-6,9,14-15,17,21H,7-8,10-11H2,1-4H3,(H,19,22). The number of nitrogens with one attached hydrogen (secondary N) is 1. The molecule has 2 N–H and O–H groups in total. The van der Waals surface area contributed by atoms with Gasteiger partial charge in [0, 0.05) is 19.6 Å². The van der Waals surface area contributed by atoms with E-state index < -0.39 is 0 Å². The summed E-state index contributed by atoms with van der Waals surface area (Å²) in [4.78, 5) is 13.7. The molecule has 0 aliphatic heterocycles. The van der Waals surface area contributed by atoms with Gasteiger partial charge in [-0.2, -0.15) is 0 Å². The summed E-state index contributed by atoms with van der Waals surface area (Å²) in [5, 5.41) is 12.9. The summed E-state index contributed by atoms with van der Waals surface area (Å²) in [7, 11) is 1.74. The first kappa shape index (κ1) is 16.8. The molecule has 0 aromatic heterocycles. The Morgan fingerprint density at radius 1 is 1.41 bits per heavy atom. The number of hydrogen-bond acceptors (Lipinski definition) is 2. The number of likely N-dealkylation sites (N-methyl/N-ethyl adjacent to an activating group) is 1. The minimum atomic E-state index is -0.384. The Morgan fingerprint density at radius 2 is 2.09 bits per heavy atom. The average Bonchev–Trinajstić information content (AvgIpc) is 3.26. The zero-order valence-electron chi connectivity index (χ0n) is 14.1. The molecule has 1 fully saturated rings. The maximum atomic E-state index is 12.2. The van der Waals surface area contributed by atoms with E-state index in [4.69, 9.17) is 0 Å². The minimum Gasteiger partial charge on any atom is -0.391 e. The van der Waals surface area contributed by atoms with Crippen LogP contribution in [0.25, 0.3) is 0 Å². The van der Waals surface area contributed by atoms with Gasteiger partial charge in [0.15, 0.2) is 0 Å². The monoisotopic (exact) mass is 304 g/mol. The molecule has 2 unspecified atom stereocenters. The number of benzene rings is 1. The van der Waals surface area contributed by atoms with E-state index in [1.807, 2.05) is 6.92 Å². The van der Waals surface area contributed by atoms with Crippen molar-refractivity contribution >= 4 is 6.03 Å². The molecule has 4 heteroatoms. The van der Waals surface area contributed by atoms with E-state index in [1.165, 1.54) is 16.7 Å². The molecule has 4 nitrogen and oxygen atoms in total. The van der Waals surface area contributed by atoms with Crippen LogP contribution in [0.5, 0.6) is 0 Å². The number of hydrogen-bond donors (Lipinski definition) is 2. The third-order valence-corrected chi connectivity index (χ3v) is 4.37. The Morgan fingerprint density at radius 3 is 2.68 bits per heavy atom. The molecule has 2 amide bonds. The fourth-order valence-electron chi connectivity index (χ4n) is 2.77. The summed E-state index contributed by atoms with van der Waals surface area (Å²) in [6, 6.07) is 6.36. The highest BCUT2D eigenvalue weighted by molar-refractivity contribution is 5.74. The molecule has 0 spiro atoms. The first-order valence-electron chi connectivity index (χ1n) is 8.12. The van der Waals surface area contributed by atoms with E-state index >= 15 is 0 Å². The molecule has 2 atom stereocenters. The van der Waals surface area contributed by atoms with Crippen molar-refractivity contribution < 1.29 is 9.90 Å². The van der Waals surface area contributed by atoms with E-state index in [2.05, 4.69) is 37.4 Å². The molecular formula is C18H28N2O2. The maximum absolute atomic E-state index is 12.2. The van der Waals surface area contributed by atoms with Crippen molar-refractivity contribution in [2.24, 2.45) is 5.92 Å². The zero-order chi connectivity index (χ0) is 16.3. The van der Waals surface area contributed by atoms with Crippen molar-refractivity contribution in [1.29, 1.82) is 0 Å². The molecule has 1 aliphatic rings. The van der Waals surface area contributed by atoms with Crippen molar-refractivity contribution in [1.82, 2.24) is 10.2 Å². The molecule has 2 rings (SSSR count). The number of carbonyl (C=O) groups is 1. The summed E-state index contributed by atoms with van der Waals surface area (Å²) in [5.74, 6) is 0.392. The molecule has 122 valence electrons. The lowest BCUT2D eigenvalue weighted by atomic mass is 10.00. The maximum Gasteiger partial charge on any atom is 0.317 e. The fourth-order valence-corrected chi connectivity index (χ4v) is 2.77. The van der Waals surface area contributed by atoms with Crippen LogP contribution in [0.2, 0.25) is 0 Å². The summed E-state index contributed by atoms with van der Waals surface area (Å²) < 4.78 is 0. The number of rotatable bonds is 6. The Balaban J connectivity index is 1.82. The molecule has 0 heterocycles. The average molecular weight is 304 g/mol. The third kappa shape index (κ3) is 4.73. The Bertz CT molecular complexity index is 526. The first-order valence-corrected chi connectivity index (χ1v) is 8.12. The zero-order valence-corrected chi connectivity index (χ0v) is 14.1. The van der Waals surface area contributed by atoms with E-state index in [0.29, 0.717) is 12.5 Å². The normalized spacial score (nSPS) is 17.0. The van der Waals surface area contributed by atoms with Crippen LogP contribution in [0.3, 0.4) is 0 Å². The number of aliphatic hydroxyl groups excluding tert-OH is 1. The van der Waals surface area contributed by atoms with Crippen LogP contribution >= 0.6 is 0 Å². The molecule has 0 bridgehead atoms. The molecule has 0 radical (unpaired) electrons. The highest BCUT2D eigenvalue weighted by Crippen LogP contribution is 2.32. The smallest absolute Gasteiger partial charge is 0.317 e. The van der Waals surface area contributed by atoms with Gasteiger partial charge in [0.05, 0.1) is 6.10 Å². The summed E-state index contributed by atoms with van der Waals surface area (Å²) in [6.45, 7) is 6.62. The van der Waals surface area contributed by atoms with Crippen molar-refractivity contribution in [2.45, 2.75) is 52.2 Å². The molecule has 1 aromatic rings. The second-order valence-electron chi connectivity index (χ2n) is 6.77. The predicted molar refractivity (Wildman–Crippen MR) is 89.0 cm³/mol. The van der Waals surface area contributed by atoms with Gasteiger partial charge in [-0.1, -0.05) is 23.8 Å². The minimum absolute atomic E-state index is 0.0643. The van der Waals surface area contributed by atoms with Gasteiger partial charge < -0.3 is 15.3 Å². The number of aliphatic hydroxyl groups is 1. The Labute approximate surface area is 133 Å². The fraction of sp³-hybridized carbons (Fsp3) is 0.611. The third-order valence-electron chi connectivity index (χ3n) is 4.37. The molecule has 1 aliphatic carbocycles. The van der Waals surface area contributed by atoms with E-state index in [9.17, 15) is 9.90 Å². The van der Waals surface area contributed by atoms with Gasteiger partial charge in [0.1, 0.15) is 0 Å². The van der Waals surface area contributed by atoms with Crippen LogP contribution < -0.4 is 5.32 Å². The van der Waals surface area contributed by atoms with Gasteiger partial charge in [-0.05, 0) is 57.1 Å². The highest BCUT2D eigenvalue weighted by Gasteiger charge is 2.31. The van der Waals surface area contributed by atoms with Crippen LogP contribution in [-0.4, -0.2) is 41.8 Å². The molecule has 1 aromatic carbocycles. The topological polar surface area (TPSA) is 52.6 Å². The van der Waals surface area contributed by atoms with Crippen molar-refractivity contribution in [3.8, 4) is 0 Å². The lowest BCUT2D eigenvalue weighted by molar-refractivity contribution is 0.112. The summed E-state index contributed by atoms with van der Waals surface area (Å²) in [5.41, 5.74) is 3.78. The van der Waals surface area contributed by atoms with Crippen LogP contribution in [-0.2, 0) is 6.42 Å². The predicted octanol–water partition coefficient (Wildman–Crippen LogP) is 2.65. The van der Waals surface area contributed by atoms with Crippen LogP contribution in [0.15, 0.2) is 18.2 Å². The van der Waals surface area contributed by atoms with Gasteiger partial charge in [0.2, 0.25) is 0 Å². The van der Waals surface area contributed by atoms with E-state index in [1.54, 1.807) is 11.9 Å². The van der Waals surface area contributed by atoms with Gasteiger partial charge in [0.25, 0.3) is 0 Å². The number of urea groups is 1. The van der Waals surface area contributed by atoms with Gasteiger partial charge in [-0.25, -0.2) is 4.79 Å². The number of aryl methyl sites for hydroxylation is 2. The summed E-state index contributed by atoms with van der Waals surface area (Å²) >= 11 is 0.